The van der Waals surface area contributed by atoms with Gasteiger partial charge in [-0.3, -0.25) is 0 Å². The van der Waals surface area contributed by atoms with Crippen molar-refractivity contribution in [2.45, 2.75) is 13.2 Å². The van der Waals surface area contributed by atoms with E-state index >= 15 is 0 Å². The molecule has 28 heavy (non-hydrogen) atoms. The monoisotopic (exact) mass is 382 g/mol. The maximum Gasteiger partial charge on any atom is 0.338 e. The fourth-order valence-corrected chi connectivity index (χ4v) is 2.40. The van der Waals surface area contributed by atoms with Crippen molar-refractivity contribution in [3.8, 4) is 0 Å². The number of carbonyl (C=O) groups excluding carboxylic acids is 2. The van der Waals surface area contributed by atoms with E-state index < -0.39 is 11.9 Å². The first-order valence-electron chi connectivity index (χ1n) is 8.44. The predicted molar refractivity (Wildman–Crippen MR) is 97.5 cm³/mol. The number of hydrogen-bond donors (Lipinski definition) is 0. The second-order valence-electron chi connectivity index (χ2n) is 5.99. The van der Waals surface area contributed by atoms with Crippen molar-refractivity contribution >= 4 is 11.9 Å². The Kier molecular flexibility index (Phi) is 6.11. The summed E-state index contributed by atoms with van der Waals surface area (Å²) in [4.78, 5) is 24.4. The third-order valence-electron chi connectivity index (χ3n) is 3.90. The maximum atomic E-state index is 12.9. The smallest absolute Gasteiger partial charge is 0.338 e. The summed E-state index contributed by atoms with van der Waals surface area (Å²) in [5.41, 5.74) is 1.67. The Morgan fingerprint density at radius 2 is 1.04 bits per heavy atom. The summed E-state index contributed by atoms with van der Waals surface area (Å²) in [6.45, 7) is -0.0310. The van der Waals surface area contributed by atoms with Crippen LogP contribution in [-0.2, 0) is 22.7 Å². The van der Waals surface area contributed by atoms with Gasteiger partial charge in [0.2, 0.25) is 0 Å². The quantitative estimate of drug-likeness (QED) is 0.581. The minimum Gasteiger partial charge on any atom is -0.457 e. The Morgan fingerprint density at radius 3 is 1.43 bits per heavy atom. The summed E-state index contributed by atoms with van der Waals surface area (Å²) >= 11 is 0. The van der Waals surface area contributed by atoms with Crippen molar-refractivity contribution in [2.24, 2.45) is 0 Å². The Hall–Kier alpha value is -3.54. The van der Waals surface area contributed by atoms with Crippen LogP contribution in [0.15, 0.2) is 72.8 Å². The van der Waals surface area contributed by atoms with Crippen molar-refractivity contribution in [3.05, 3.63) is 107 Å². The van der Waals surface area contributed by atoms with Crippen molar-refractivity contribution < 1.29 is 27.8 Å². The van der Waals surface area contributed by atoms with Gasteiger partial charge in [-0.1, -0.05) is 30.3 Å². The molecule has 0 unspecified atom stereocenters. The Bertz CT molecular complexity index is 890. The Balaban J connectivity index is 1.58. The van der Waals surface area contributed by atoms with E-state index in [9.17, 15) is 18.4 Å². The first-order valence-corrected chi connectivity index (χ1v) is 8.44. The third kappa shape index (κ3) is 5.23. The molecule has 0 aliphatic heterocycles. The molecule has 3 aromatic rings. The fraction of sp³-hybridized carbons (Fsp3) is 0.0909. The van der Waals surface area contributed by atoms with Gasteiger partial charge >= 0.3 is 11.9 Å². The Labute approximate surface area is 160 Å². The molecule has 0 heterocycles. The van der Waals surface area contributed by atoms with E-state index in [0.717, 1.165) is 0 Å². The molecule has 0 spiro atoms. The molecule has 3 rings (SSSR count). The molecule has 6 heteroatoms. The molecule has 0 aliphatic rings. The van der Waals surface area contributed by atoms with E-state index in [1.807, 2.05) is 0 Å². The molecular formula is C22H16F2O4. The van der Waals surface area contributed by atoms with Gasteiger partial charge in [0.05, 0.1) is 11.1 Å². The van der Waals surface area contributed by atoms with Gasteiger partial charge < -0.3 is 9.47 Å². The first kappa shape index (κ1) is 19.2. The van der Waals surface area contributed by atoms with Crippen LogP contribution in [0.4, 0.5) is 8.78 Å². The lowest BCUT2D eigenvalue weighted by Gasteiger charge is -2.08. The Morgan fingerprint density at radius 1 is 0.643 bits per heavy atom. The van der Waals surface area contributed by atoms with E-state index in [-0.39, 0.29) is 36.0 Å². The molecule has 0 atom stereocenters. The number of halogens is 2. The van der Waals surface area contributed by atoms with Gasteiger partial charge in [-0.25, -0.2) is 18.4 Å². The predicted octanol–water partition coefficient (Wildman–Crippen LogP) is 4.68. The summed E-state index contributed by atoms with van der Waals surface area (Å²) < 4.78 is 36.1. The van der Waals surface area contributed by atoms with Gasteiger partial charge in [0, 0.05) is 0 Å². The minimum absolute atomic E-state index is 0.0155. The lowest BCUT2D eigenvalue weighted by molar-refractivity contribution is 0.0470. The van der Waals surface area contributed by atoms with Gasteiger partial charge in [0.15, 0.2) is 0 Å². The molecule has 0 bridgehead atoms. The van der Waals surface area contributed by atoms with Gasteiger partial charge in [0.1, 0.15) is 24.8 Å². The number of carbonyl (C=O) groups is 2. The van der Waals surface area contributed by atoms with Crippen molar-refractivity contribution in [2.75, 3.05) is 0 Å². The molecule has 142 valence electrons. The third-order valence-corrected chi connectivity index (χ3v) is 3.90. The van der Waals surface area contributed by atoms with Gasteiger partial charge in [0.25, 0.3) is 0 Å². The van der Waals surface area contributed by atoms with E-state index in [2.05, 4.69) is 0 Å². The first-order chi connectivity index (χ1) is 13.5. The second-order valence-corrected chi connectivity index (χ2v) is 5.99. The van der Waals surface area contributed by atoms with Gasteiger partial charge in [-0.05, 0) is 53.6 Å². The number of rotatable bonds is 6. The number of esters is 2. The zero-order valence-corrected chi connectivity index (χ0v) is 14.7. The average molecular weight is 382 g/mol. The standard InChI is InChI=1S/C22H16F2O4/c23-19-8-4-15(5-9-19)13-27-21(25)17-2-1-3-18(12-17)22(26)28-14-16-6-10-20(24)11-7-16/h1-12H,13-14H2. The molecule has 0 saturated carbocycles. The average Bonchev–Trinajstić information content (AvgIpc) is 2.72. The highest BCUT2D eigenvalue weighted by Crippen LogP contribution is 2.12. The van der Waals surface area contributed by atoms with Gasteiger partial charge in [-0.2, -0.15) is 0 Å². The molecular weight excluding hydrogens is 366 g/mol. The van der Waals surface area contributed by atoms with Crippen LogP contribution in [0, 0.1) is 11.6 Å². The summed E-state index contributed by atoms with van der Waals surface area (Å²) in [5.74, 6) is -1.97. The van der Waals surface area contributed by atoms with Crippen LogP contribution in [-0.4, -0.2) is 11.9 Å². The maximum absolute atomic E-state index is 12.9. The zero-order valence-electron chi connectivity index (χ0n) is 14.7. The highest BCUT2D eigenvalue weighted by Gasteiger charge is 2.13. The molecule has 0 saturated heterocycles. The summed E-state index contributed by atoms with van der Waals surface area (Å²) in [5, 5.41) is 0. The minimum atomic E-state index is -0.613. The topological polar surface area (TPSA) is 52.6 Å². The van der Waals surface area contributed by atoms with Crippen LogP contribution >= 0.6 is 0 Å². The molecule has 4 nitrogen and oxygen atoms in total. The van der Waals surface area contributed by atoms with Crippen molar-refractivity contribution in [1.82, 2.24) is 0 Å². The molecule has 0 aromatic heterocycles. The SMILES string of the molecule is O=C(OCc1ccc(F)cc1)c1cccc(C(=O)OCc2ccc(F)cc2)c1. The second kappa shape index (κ2) is 8.90. The largest absolute Gasteiger partial charge is 0.457 e. The number of hydrogen-bond acceptors (Lipinski definition) is 4. The molecule has 0 amide bonds. The number of ether oxygens (including phenoxy) is 2. The molecule has 0 aliphatic carbocycles. The van der Waals surface area contributed by atoms with Crippen LogP contribution in [0.2, 0.25) is 0 Å². The van der Waals surface area contributed by atoms with Crippen LogP contribution < -0.4 is 0 Å². The lowest BCUT2D eigenvalue weighted by Crippen LogP contribution is -2.09. The van der Waals surface area contributed by atoms with Crippen LogP contribution in [0.25, 0.3) is 0 Å². The molecule has 0 fully saturated rings. The summed E-state index contributed by atoms with van der Waals surface area (Å²) in [6.07, 6.45) is 0. The van der Waals surface area contributed by atoms with Gasteiger partial charge in [-0.15, -0.1) is 0 Å². The molecule has 0 radical (unpaired) electrons. The van der Waals surface area contributed by atoms with Crippen LogP contribution in [0.1, 0.15) is 31.8 Å². The van der Waals surface area contributed by atoms with Crippen molar-refractivity contribution in [1.29, 1.82) is 0 Å². The van der Waals surface area contributed by atoms with E-state index in [0.29, 0.717) is 11.1 Å². The number of benzene rings is 3. The van der Waals surface area contributed by atoms with Crippen LogP contribution in [0.5, 0.6) is 0 Å². The van der Waals surface area contributed by atoms with E-state index in [4.69, 9.17) is 9.47 Å². The van der Waals surface area contributed by atoms with E-state index in [1.54, 1.807) is 6.07 Å². The molecule has 0 N–H and O–H groups in total. The molecule has 3 aromatic carbocycles. The lowest BCUT2D eigenvalue weighted by atomic mass is 10.1. The van der Waals surface area contributed by atoms with Crippen molar-refractivity contribution in [3.63, 3.8) is 0 Å². The highest BCUT2D eigenvalue weighted by atomic mass is 19.1. The summed E-state index contributed by atoms with van der Waals surface area (Å²) in [7, 11) is 0. The zero-order chi connectivity index (χ0) is 19.9. The normalized spacial score (nSPS) is 10.4. The van der Waals surface area contributed by atoms with E-state index in [1.165, 1.54) is 66.7 Å². The highest BCUT2D eigenvalue weighted by molar-refractivity contribution is 5.95. The van der Waals surface area contributed by atoms with Crippen LogP contribution in [0.3, 0.4) is 0 Å². The summed E-state index contributed by atoms with van der Waals surface area (Å²) in [6, 6.07) is 17.1. The fourth-order valence-electron chi connectivity index (χ4n) is 2.40.